The minimum absolute atomic E-state index is 0.00858. The average Bonchev–Trinajstić information content (AvgIpc) is 3.81. The molecular weight excluding hydrogens is 845 g/mol. The van der Waals surface area contributed by atoms with E-state index >= 15 is 0 Å². The number of phenolic OH excluding ortho intramolecular Hbond substituents is 2. The highest BCUT2D eigenvalue weighted by molar-refractivity contribution is 5.95. The predicted molar refractivity (Wildman–Crippen MR) is 223 cm³/mol. The lowest BCUT2D eigenvalue weighted by Crippen LogP contribution is -2.48. The number of piperazine rings is 1. The fourth-order valence-corrected chi connectivity index (χ4v) is 7.38. The number of aromatic hydroxyl groups is 2. The fraction of sp³-hybridized carbons (Fsp3) is 0.357. The largest absolute Gasteiger partial charge is 0.508 e. The number of nitrogens with zero attached hydrogens (tertiary/aromatic N) is 7. The van der Waals surface area contributed by atoms with Gasteiger partial charge in [0, 0.05) is 68.0 Å². The minimum atomic E-state index is -3.91. The van der Waals surface area contributed by atoms with E-state index in [4.69, 9.17) is 14.2 Å². The van der Waals surface area contributed by atoms with E-state index in [0.29, 0.717) is 59.8 Å². The molecule has 3 amide bonds. The van der Waals surface area contributed by atoms with Gasteiger partial charge in [0.05, 0.1) is 19.3 Å². The first-order chi connectivity index (χ1) is 30.6. The number of ether oxygens (including phenoxy) is 3. The van der Waals surface area contributed by atoms with Crippen LogP contribution in [0.2, 0.25) is 0 Å². The van der Waals surface area contributed by atoms with Crippen LogP contribution >= 0.6 is 0 Å². The molecule has 4 heterocycles. The van der Waals surface area contributed by atoms with Crippen LogP contribution in [0.4, 0.5) is 25.1 Å². The quantitative estimate of drug-likeness (QED) is 0.105. The lowest BCUT2D eigenvalue weighted by Gasteiger charge is -2.36. The van der Waals surface area contributed by atoms with Crippen molar-refractivity contribution in [2.75, 3.05) is 56.7 Å². The number of alkyl halides is 2. The molecule has 2 fully saturated rings. The van der Waals surface area contributed by atoms with Gasteiger partial charge in [-0.1, -0.05) is 13.8 Å². The molecule has 3 unspecified atom stereocenters. The van der Waals surface area contributed by atoms with Gasteiger partial charge in [-0.3, -0.25) is 24.0 Å². The number of aromatic nitrogens is 5. The number of halogens is 2. The third-order valence-corrected chi connectivity index (χ3v) is 10.7. The summed E-state index contributed by atoms with van der Waals surface area (Å²) in [5, 5.41) is 53.6. The molecule has 2 aliphatic heterocycles. The molecular formula is C42H45F2N9O11. The molecule has 0 spiro atoms. The Morgan fingerprint density at radius 2 is 1.66 bits per heavy atom. The highest BCUT2D eigenvalue weighted by Crippen LogP contribution is 2.42. The van der Waals surface area contributed by atoms with Crippen molar-refractivity contribution in [1.82, 2.24) is 34.5 Å². The summed E-state index contributed by atoms with van der Waals surface area (Å²) in [6, 6.07) is 15.3. The van der Waals surface area contributed by atoms with E-state index in [-0.39, 0.29) is 57.9 Å². The molecule has 22 heteroatoms. The van der Waals surface area contributed by atoms with E-state index in [0.717, 1.165) is 12.3 Å². The highest BCUT2D eigenvalue weighted by atomic mass is 19.3. The summed E-state index contributed by atoms with van der Waals surface area (Å²) in [7, 11) is 1.37. The van der Waals surface area contributed by atoms with Crippen LogP contribution in [-0.4, -0.2) is 132 Å². The molecule has 7 rings (SSSR count). The van der Waals surface area contributed by atoms with Gasteiger partial charge in [0.2, 0.25) is 12.1 Å². The first kappa shape index (κ1) is 44.9. The van der Waals surface area contributed by atoms with Gasteiger partial charge < -0.3 is 49.8 Å². The second-order valence-corrected chi connectivity index (χ2v) is 15.1. The summed E-state index contributed by atoms with van der Waals surface area (Å²) >= 11 is 0. The molecule has 5 aromatic rings. The maximum absolute atomic E-state index is 14.6. The maximum atomic E-state index is 14.6. The molecule has 2 aliphatic rings. The van der Waals surface area contributed by atoms with Crippen molar-refractivity contribution in [1.29, 1.82) is 0 Å². The lowest BCUT2D eigenvalue weighted by atomic mass is 9.98. The topological polar surface area (TPSA) is 256 Å². The van der Waals surface area contributed by atoms with Crippen LogP contribution in [0.1, 0.15) is 59.5 Å². The second-order valence-electron chi connectivity index (χ2n) is 15.1. The predicted octanol–water partition coefficient (Wildman–Crippen LogP) is 3.24. The van der Waals surface area contributed by atoms with Gasteiger partial charge in [-0.25, -0.2) is 9.59 Å². The van der Waals surface area contributed by atoms with Gasteiger partial charge in [-0.15, -0.1) is 10.2 Å². The standard InChI is InChI=1S/C42H45F2N9O11/c1-5-45-37(58)36-49-48-35(27-19-26(22(2)3)28(55)20-29(27)56)53(36)24-8-6-23(7-9-24)38(59)51-16-14-50(15-17-51)25-10-11-30(31(18-25)62-4)64-41(61)47-33-12-13-52(40(60)46-33)39-42(43,44)34(57)32(21-54)63-39/h6-13,18-20,22,32,34,39,54-57H,5,14-17,21H2,1-4H3,(H,45,58)(H,46,47,60,61). The number of nitrogens with one attached hydrogen (secondary N) is 2. The maximum Gasteiger partial charge on any atom is 0.418 e. The SMILES string of the molecule is CCNC(=O)c1nnc(-c2cc(C(C)C)c(O)cc2O)n1-c1ccc(C(=O)N2CCN(c3ccc(OC(=O)Nc4ccn(C5OC(CO)C(O)C5(F)F)c(=O)n4)c(OC)c3)CC2)cc1. The molecule has 0 bridgehead atoms. The van der Waals surface area contributed by atoms with Gasteiger partial charge in [0.25, 0.3) is 11.8 Å². The van der Waals surface area contributed by atoms with Crippen LogP contribution in [0.5, 0.6) is 23.0 Å². The molecule has 2 aromatic heterocycles. The number of aliphatic hydroxyl groups excluding tert-OH is 2. The number of methoxy groups -OCH3 is 1. The van der Waals surface area contributed by atoms with Gasteiger partial charge in [0.1, 0.15) is 23.4 Å². The molecule has 2 saturated heterocycles. The number of hydrogen-bond acceptors (Lipinski definition) is 15. The van der Waals surface area contributed by atoms with Crippen LogP contribution < -0.4 is 30.7 Å². The Labute approximate surface area is 363 Å². The number of amides is 3. The van der Waals surface area contributed by atoms with Crippen LogP contribution in [0, 0.1) is 0 Å². The van der Waals surface area contributed by atoms with Crippen molar-refractivity contribution in [3.63, 3.8) is 0 Å². The summed E-state index contributed by atoms with van der Waals surface area (Å²) in [6.07, 6.45) is -6.39. The normalized spacial score (nSPS) is 18.2. The number of carbonyl (C=O) groups is 3. The number of carbonyl (C=O) groups excluding carboxylic acids is 3. The van der Waals surface area contributed by atoms with E-state index < -0.39 is 48.7 Å². The van der Waals surface area contributed by atoms with Crippen molar-refractivity contribution in [2.24, 2.45) is 0 Å². The Morgan fingerprint density at radius 1 is 0.953 bits per heavy atom. The average molecular weight is 890 g/mol. The second kappa shape index (κ2) is 18.3. The monoisotopic (exact) mass is 889 g/mol. The molecule has 0 saturated carbocycles. The van der Waals surface area contributed by atoms with E-state index in [2.05, 4.69) is 25.8 Å². The smallest absolute Gasteiger partial charge is 0.418 e. The van der Waals surface area contributed by atoms with E-state index in [1.807, 2.05) is 18.7 Å². The van der Waals surface area contributed by atoms with Crippen molar-refractivity contribution >= 4 is 29.4 Å². The third-order valence-electron chi connectivity index (χ3n) is 10.7. The highest BCUT2D eigenvalue weighted by Gasteiger charge is 2.59. The fourth-order valence-electron chi connectivity index (χ4n) is 7.38. The summed E-state index contributed by atoms with van der Waals surface area (Å²) in [4.78, 5) is 59.5. The lowest BCUT2D eigenvalue weighted by molar-refractivity contribution is -0.140. The summed E-state index contributed by atoms with van der Waals surface area (Å²) in [6.45, 7) is 6.56. The van der Waals surface area contributed by atoms with Crippen LogP contribution in [0.15, 0.2) is 71.7 Å². The summed E-state index contributed by atoms with van der Waals surface area (Å²) in [5.74, 6) is -5.10. The van der Waals surface area contributed by atoms with Crippen molar-refractivity contribution in [3.8, 4) is 40.1 Å². The third kappa shape index (κ3) is 8.74. The van der Waals surface area contributed by atoms with Crippen LogP contribution in [0.3, 0.4) is 0 Å². The Balaban J connectivity index is 0.991. The molecule has 0 radical (unpaired) electrons. The number of anilines is 2. The Kier molecular flexibility index (Phi) is 12.8. The zero-order valence-electron chi connectivity index (χ0n) is 34.9. The van der Waals surface area contributed by atoms with Gasteiger partial charge in [-0.05, 0) is 66.9 Å². The molecule has 20 nitrogen and oxygen atoms in total. The molecule has 338 valence electrons. The summed E-state index contributed by atoms with van der Waals surface area (Å²) in [5.41, 5.74) is 1.13. The van der Waals surface area contributed by atoms with E-state index in [1.165, 1.54) is 23.8 Å². The number of hydrogen-bond donors (Lipinski definition) is 6. The van der Waals surface area contributed by atoms with Gasteiger partial charge in [0.15, 0.2) is 23.4 Å². The zero-order valence-corrected chi connectivity index (χ0v) is 34.9. The Morgan fingerprint density at radius 3 is 2.28 bits per heavy atom. The van der Waals surface area contributed by atoms with Crippen LogP contribution in [-0.2, 0) is 4.74 Å². The molecule has 3 atom stereocenters. The molecule has 3 aromatic carbocycles. The molecule has 6 N–H and O–H groups in total. The van der Waals surface area contributed by atoms with Crippen molar-refractivity contribution < 1.29 is 57.8 Å². The molecule has 64 heavy (non-hydrogen) atoms. The van der Waals surface area contributed by atoms with Gasteiger partial charge in [-0.2, -0.15) is 13.8 Å². The Bertz CT molecular complexity index is 2610. The zero-order chi connectivity index (χ0) is 46.0. The van der Waals surface area contributed by atoms with Crippen LogP contribution in [0.25, 0.3) is 17.1 Å². The number of phenols is 2. The molecule has 0 aliphatic carbocycles. The number of rotatable bonds is 12. The van der Waals surface area contributed by atoms with Gasteiger partial charge >= 0.3 is 17.7 Å². The van der Waals surface area contributed by atoms with E-state index in [1.54, 1.807) is 54.3 Å². The Hall–Kier alpha value is -7.17. The van der Waals surface area contributed by atoms with Crippen molar-refractivity contribution in [2.45, 2.75) is 51.0 Å². The van der Waals surface area contributed by atoms with Crippen molar-refractivity contribution in [3.05, 3.63) is 94.3 Å². The van der Waals surface area contributed by atoms with E-state index in [9.17, 15) is 48.4 Å². The summed E-state index contributed by atoms with van der Waals surface area (Å²) < 4.78 is 46.8. The minimum Gasteiger partial charge on any atom is -0.508 e. The number of aliphatic hydroxyl groups is 2. The first-order valence-electron chi connectivity index (χ1n) is 20.1. The number of benzene rings is 3. The first-order valence-corrected chi connectivity index (χ1v) is 20.1.